The fourth-order valence-electron chi connectivity index (χ4n) is 3.44. The number of nitrogens with zero attached hydrogens (tertiary/aromatic N) is 1. The molecule has 2 amide bonds. The van der Waals surface area contributed by atoms with E-state index in [1.165, 1.54) is 0 Å². The van der Waals surface area contributed by atoms with Crippen LogP contribution in [0.25, 0.3) is 0 Å². The lowest BCUT2D eigenvalue weighted by Crippen LogP contribution is -2.53. The van der Waals surface area contributed by atoms with E-state index in [2.05, 4.69) is 5.32 Å². The van der Waals surface area contributed by atoms with E-state index in [0.29, 0.717) is 35.2 Å². The third-order valence-electron chi connectivity index (χ3n) is 5.08. The highest BCUT2D eigenvalue weighted by atomic mass is 35.5. The molecule has 8 heteroatoms. The lowest BCUT2D eigenvalue weighted by atomic mass is 10.0. The van der Waals surface area contributed by atoms with E-state index in [0.717, 1.165) is 11.3 Å². The van der Waals surface area contributed by atoms with Crippen molar-refractivity contribution in [1.82, 2.24) is 10.2 Å². The second-order valence-corrected chi connectivity index (χ2v) is 9.88. The summed E-state index contributed by atoms with van der Waals surface area (Å²) in [6, 6.07) is 11.9. The van der Waals surface area contributed by atoms with Gasteiger partial charge in [0.15, 0.2) is 0 Å². The van der Waals surface area contributed by atoms with Crippen LogP contribution in [0.2, 0.25) is 10.0 Å². The van der Waals surface area contributed by atoms with Crippen molar-refractivity contribution in [1.29, 1.82) is 0 Å². The van der Waals surface area contributed by atoms with Crippen molar-refractivity contribution < 1.29 is 19.1 Å². The van der Waals surface area contributed by atoms with Gasteiger partial charge in [0, 0.05) is 18.5 Å². The van der Waals surface area contributed by atoms with Crippen LogP contribution >= 0.6 is 23.2 Å². The molecule has 186 valence electrons. The van der Waals surface area contributed by atoms with Crippen molar-refractivity contribution in [2.75, 3.05) is 13.7 Å². The third kappa shape index (κ3) is 8.73. The van der Waals surface area contributed by atoms with Gasteiger partial charge < -0.3 is 19.7 Å². The number of halogens is 2. The molecule has 2 rings (SSSR count). The molecule has 0 radical (unpaired) electrons. The summed E-state index contributed by atoms with van der Waals surface area (Å²) in [6.45, 7) is 8.28. The molecule has 0 spiro atoms. The van der Waals surface area contributed by atoms with Crippen LogP contribution in [0.5, 0.6) is 11.5 Å². The maximum atomic E-state index is 13.3. The normalized spacial score (nSPS) is 12.1. The number of carbonyl (C=O) groups is 2. The summed E-state index contributed by atoms with van der Waals surface area (Å²) in [5, 5.41) is 3.85. The predicted octanol–water partition coefficient (Wildman–Crippen LogP) is 5.88. The van der Waals surface area contributed by atoms with Crippen molar-refractivity contribution in [3.8, 4) is 11.5 Å². The standard InChI is InChI=1S/C26H34Cl2N2O4/c1-6-23(25(32)29-26(2,3)4)30(17-18-9-14-21(27)22(28)16-18)24(31)8-7-15-34-20-12-10-19(33-5)11-13-20/h9-14,16,23H,6-8,15,17H2,1-5H3,(H,29,32)/t23-/m1/s1. The number of ether oxygens (including phenoxy) is 2. The van der Waals surface area contributed by atoms with Crippen LogP contribution in [0.15, 0.2) is 42.5 Å². The number of hydrogen-bond acceptors (Lipinski definition) is 4. The highest BCUT2D eigenvalue weighted by molar-refractivity contribution is 6.42. The van der Waals surface area contributed by atoms with Gasteiger partial charge in [-0.1, -0.05) is 36.2 Å². The van der Waals surface area contributed by atoms with Crippen LogP contribution in [0.3, 0.4) is 0 Å². The lowest BCUT2D eigenvalue weighted by molar-refractivity contribution is -0.142. The SMILES string of the molecule is CC[C@H](C(=O)NC(C)(C)C)N(Cc1ccc(Cl)c(Cl)c1)C(=O)CCCOc1ccc(OC)cc1. The van der Waals surface area contributed by atoms with Gasteiger partial charge in [-0.2, -0.15) is 0 Å². The molecule has 0 aliphatic carbocycles. The lowest BCUT2D eigenvalue weighted by Gasteiger charge is -2.33. The summed E-state index contributed by atoms with van der Waals surface area (Å²) < 4.78 is 10.9. The van der Waals surface area contributed by atoms with E-state index < -0.39 is 11.6 Å². The maximum Gasteiger partial charge on any atom is 0.243 e. The van der Waals surface area contributed by atoms with Gasteiger partial charge in [-0.15, -0.1) is 0 Å². The van der Waals surface area contributed by atoms with Crippen LogP contribution in [-0.2, 0) is 16.1 Å². The Bertz CT molecular complexity index is 958. The van der Waals surface area contributed by atoms with Crippen LogP contribution < -0.4 is 14.8 Å². The molecule has 0 aromatic heterocycles. The minimum Gasteiger partial charge on any atom is -0.497 e. The van der Waals surface area contributed by atoms with E-state index in [1.807, 2.05) is 58.0 Å². The van der Waals surface area contributed by atoms with Gasteiger partial charge >= 0.3 is 0 Å². The Balaban J connectivity index is 2.09. The monoisotopic (exact) mass is 508 g/mol. The van der Waals surface area contributed by atoms with Crippen LogP contribution in [0.1, 0.15) is 52.5 Å². The molecule has 0 heterocycles. The van der Waals surface area contributed by atoms with Gasteiger partial charge in [-0.3, -0.25) is 9.59 Å². The van der Waals surface area contributed by atoms with E-state index >= 15 is 0 Å². The molecular weight excluding hydrogens is 475 g/mol. The first-order valence-corrected chi connectivity index (χ1v) is 12.1. The van der Waals surface area contributed by atoms with Gasteiger partial charge in [-0.05, 0) is 75.6 Å². The van der Waals surface area contributed by atoms with Crippen LogP contribution in [0, 0.1) is 0 Å². The van der Waals surface area contributed by atoms with E-state index in [1.54, 1.807) is 24.1 Å². The molecule has 0 aliphatic heterocycles. The van der Waals surface area contributed by atoms with Crippen molar-refractivity contribution in [3.05, 3.63) is 58.1 Å². The number of rotatable bonds is 11. The van der Waals surface area contributed by atoms with Crippen LogP contribution in [0.4, 0.5) is 0 Å². The summed E-state index contributed by atoms with van der Waals surface area (Å²) in [4.78, 5) is 27.9. The highest BCUT2D eigenvalue weighted by Gasteiger charge is 2.30. The summed E-state index contributed by atoms with van der Waals surface area (Å²) >= 11 is 12.2. The molecule has 0 fully saturated rings. The molecule has 0 bridgehead atoms. The zero-order valence-corrected chi connectivity index (χ0v) is 22.0. The van der Waals surface area contributed by atoms with E-state index in [9.17, 15) is 9.59 Å². The quantitative estimate of drug-likeness (QED) is 0.384. The van der Waals surface area contributed by atoms with Crippen molar-refractivity contribution >= 4 is 35.0 Å². The minimum absolute atomic E-state index is 0.125. The molecule has 0 saturated heterocycles. The average molecular weight is 509 g/mol. The number of methoxy groups -OCH3 is 1. The number of benzene rings is 2. The largest absolute Gasteiger partial charge is 0.497 e. The zero-order chi connectivity index (χ0) is 25.3. The Hall–Kier alpha value is -2.44. The van der Waals surface area contributed by atoms with Gasteiger partial charge in [0.25, 0.3) is 0 Å². The first-order chi connectivity index (χ1) is 16.0. The maximum absolute atomic E-state index is 13.3. The fourth-order valence-corrected chi connectivity index (χ4v) is 3.76. The second kappa shape index (κ2) is 12.9. The summed E-state index contributed by atoms with van der Waals surface area (Å²) in [5.74, 6) is 1.15. The number of amides is 2. The Labute approximate surface area is 212 Å². The van der Waals surface area contributed by atoms with Crippen LogP contribution in [-0.4, -0.2) is 42.0 Å². The molecule has 1 atom stereocenters. The van der Waals surface area contributed by atoms with Crippen molar-refractivity contribution in [2.24, 2.45) is 0 Å². The number of hydrogen-bond donors (Lipinski definition) is 1. The summed E-state index contributed by atoms with van der Waals surface area (Å²) in [6.07, 6.45) is 1.24. The topological polar surface area (TPSA) is 67.9 Å². The molecule has 0 aliphatic rings. The van der Waals surface area contributed by atoms with Gasteiger partial charge in [0.1, 0.15) is 17.5 Å². The molecular formula is C26H34Cl2N2O4. The predicted molar refractivity (Wildman–Crippen MR) is 137 cm³/mol. The second-order valence-electron chi connectivity index (χ2n) is 9.06. The zero-order valence-electron chi connectivity index (χ0n) is 20.5. The fraction of sp³-hybridized carbons (Fsp3) is 0.462. The summed E-state index contributed by atoms with van der Waals surface area (Å²) in [5.41, 5.74) is 0.397. The molecule has 2 aromatic carbocycles. The Kier molecular flexibility index (Phi) is 10.5. The van der Waals surface area contributed by atoms with E-state index in [4.69, 9.17) is 32.7 Å². The Morgan fingerprint density at radius 1 is 1.03 bits per heavy atom. The Morgan fingerprint density at radius 3 is 2.24 bits per heavy atom. The first kappa shape index (κ1) is 27.8. The average Bonchev–Trinajstić information content (AvgIpc) is 2.78. The van der Waals surface area contributed by atoms with Gasteiger partial charge in [-0.25, -0.2) is 0 Å². The minimum atomic E-state index is -0.608. The molecule has 6 nitrogen and oxygen atoms in total. The highest BCUT2D eigenvalue weighted by Crippen LogP contribution is 2.24. The van der Waals surface area contributed by atoms with Gasteiger partial charge in [0.05, 0.1) is 23.8 Å². The summed E-state index contributed by atoms with van der Waals surface area (Å²) in [7, 11) is 1.61. The third-order valence-corrected chi connectivity index (χ3v) is 5.82. The molecule has 0 saturated carbocycles. The molecule has 2 aromatic rings. The molecule has 1 N–H and O–H groups in total. The Morgan fingerprint density at radius 2 is 1.68 bits per heavy atom. The number of carbonyl (C=O) groups excluding carboxylic acids is 2. The van der Waals surface area contributed by atoms with Crippen molar-refractivity contribution in [3.63, 3.8) is 0 Å². The molecule has 0 unspecified atom stereocenters. The number of nitrogens with one attached hydrogen (secondary N) is 1. The van der Waals surface area contributed by atoms with E-state index in [-0.39, 0.29) is 24.8 Å². The van der Waals surface area contributed by atoms with Gasteiger partial charge in [0.2, 0.25) is 11.8 Å². The molecule has 34 heavy (non-hydrogen) atoms. The first-order valence-electron chi connectivity index (χ1n) is 11.4. The van der Waals surface area contributed by atoms with Crippen molar-refractivity contribution in [2.45, 2.75) is 65.1 Å². The smallest absolute Gasteiger partial charge is 0.243 e.